The van der Waals surface area contributed by atoms with Crippen molar-refractivity contribution >= 4 is 11.9 Å². The van der Waals surface area contributed by atoms with Crippen molar-refractivity contribution in [1.29, 1.82) is 0 Å². The fraction of sp³-hybridized carbons (Fsp3) is 0.167. The smallest absolute Gasteiger partial charge is 0.189 e. The summed E-state index contributed by atoms with van der Waals surface area (Å²) < 4.78 is 3.50. The molecule has 0 amide bonds. The Balaban J connectivity index is 1.69. The van der Waals surface area contributed by atoms with Crippen LogP contribution < -0.4 is 0 Å². The molecule has 0 spiro atoms. The monoisotopic (exact) mass is 306 g/mol. The number of rotatable bonds is 5. The van der Waals surface area contributed by atoms with Gasteiger partial charge in [-0.25, -0.2) is 0 Å². The molecule has 0 aliphatic carbocycles. The maximum atomic E-state index is 12.2. The van der Waals surface area contributed by atoms with E-state index < -0.39 is 0 Å². The molecule has 0 bridgehead atoms. The van der Waals surface area contributed by atoms with E-state index >= 15 is 0 Å². The van der Waals surface area contributed by atoms with Crippen molar-refractivity contribution in [2.75, 3.05) is 0 Å². The van der Waals surface area contributed by atoms with Crippen LogP contribution in [0.2, 0.25) is 0 Å². The van der Waals surface area contributed by atoms with Gasteiger partial charge in [0.15, 0.2) is 5.78 Å². The summed E-state index contributed by atoms with van der Waals surface area (Å²) in [7, 11) is 1.81. The van der Waals surface area contributed by atoms with Crippen molar-refractivity contribution in [2.45, 2.75) is 13.5 Å². The number of ketones is 1. The van der Waals surface area contributed by atoms with Crippen molar-refractivity contribution in [3.8, 4) is 0 Å². The summed E-state index contributed by atoms with van der Waals surface area (Å²) in [5.41, 5.74) is 3.45. The quantitative estimate of drug-likeness (QED) is 0.538. The molecule has 0 atom stereocenters. The summed E-state index contributed by atoms with van der Waals surface area (Å²) in [6.45, 7) is 2.54. The summed E-state index contributed by atoms with van der Waals surface area (Å²) in [5, 5.41) is 8.51. The van der Waals surface area contributed by atoms with Gasteiger partial charge in [-0.15, -0.1) is 0 Å². The number of hydrogen-bond acceptors (Lipinski definition) is 3. The predicted molar refractivity (Wildman–Crippen MR) is 89.1 cm³/mol. The van der Waals surface area contributed by atoms with Gasteiger partial charge in [-0.05, 0) is 24.6 Å². The summed E-state index contributed by atoms with van der Waals surface area (Å²) in [6, 6.07) is 10.1. The first-order valence-corrected chi connectivity index (χ1v) is 7.41. The van der Waals surface area contributed by atoms with Crippen LogP contribution in [0, 0.1) is 6.92 Å². The first-order valence-electron chi connectivity index (χ1n) is 7.41. The van der Waals surface area contributed by atoms with Crippen LogP contribution in [0.15, 0.2) is 55.0 Å². The lowest BCUT2D eigenvalue weighted by molar-refractivity contribution is 0.104. The third-order valence-electron chi connectivity index (χ3n) is 3.55. The largest absolute Gasteiger partial charge is 0.289 e. The number of nitrogens with zero attached hydrogens (tertiary/aromatic N) is 4. The van der Waals surface area contributed by atoms with Gasteiger partial charge in [0.2, 0.25) is 0 Å². The zero-order chi connectivity index (χ0) is 16.2. The second-order valence-electron chi connectivity index (χ2n) is 5.46. The second kappa shape index (κ2) is 6.44. The number of benzene rings is 1. The molecule has 0 radical (unpaired) electrons. The fourth-order valence-electron chi connectivity index (χ4n) is 2.43. The molecular weight excluding hydrogens is 288 g/mol. The molecule has 3 aromatic rings. The first kappa shape index (κ1) is 15.0. The van der Waals surface area contributed by atoms with Crippen LogP contribution in [-0.4, -0.2) is 25.3 Å². The maximum Gasteiger partial charge on any atom is 0.189 e. The van der Waals surface area contributed by atoms with Gasteiger partial charge in [0.25, 0.3) is 0 Å². The SMILES string of the molecule is Cc1nn(C)cc1C(=O)/C=C/c1cnn(Cc2ccccc2)c1. The number of carbonyl (C=O) groups is 1. The van der Waals surface area contributed by atoms with Crippen molar-refractivity contribution in [1.82, 2.24) is 19.6 Å². The Hall–Kier alpha value is -2.95. The zero-order valence-electron chi connectivity index (χ0n) is 13.2. The third kappa shape index (κ3) is 3.63. The maximum absolute atomic E-state index is 12.2. The number of aromatic nitrogens is 4. The molecule has 0 unspecified atom stereocenters. The van der Waals surface area contributed by atoms with E-state index in [0.29, 0.717) is 12.1 Å². The minimum Gasteiger partial charge on any atom is -0.289 e. The van der Waals surface area contributed by atoms with Crippen LogP contribution in [-0.2, 0) is 13.6 Å². The summed E-state index contributed by atoms with van der Waals surface area (Å²) in [6.07, 6.45) is 8.76. The third-order valence-corrected chi connectivity index (χ3v) is 3.55. The normalized spacial score (nSPS) is 11.2. The number of hydrogen-bond donors (Lipinski definition) is 0. The first-order chi connectivity index (χ1) is 11.1. The van der Waals surface area contributed by atoms with Crippen LogP contribution in [0.3, 0.4) is 0 Å². The van der Waals surface area contributed by atoms with Crippen LogP contribution >= 0.6 is 0 Å². The lowest BCUT2D eigenvalue weighted by Gasteiger charge is -2.00. The van der Waals surface area contributed by atoms with Gasteiger partial charge in [0, 0.05) is 25.0 Å². The van der Waals surface area contributed by atoms with Gasteiger partial charge >= 0.3 is 0 Å². The summed E-state index contributed by atoms with van der Waals surface area (Å²) >= 11 is 0. The standard InChI is InChI=1S/C18H18N4O/c1-14-17(13-21(2)20-14)18(23)9-8-16-10-19-22(12-16)11-15-6-4-3-5-7-15/h3-10,12-13H,11H2,1-2H3/b9-8+. The van der Waals surface area contributed by atoms with Crippen LogP contribution in [0.5, 0.6) is 0 Å². The average molecular weight is 306 g/mol. The zero-order valence-corrected chi connectivity index (χ0v) is 13.2. The van der Waals surface area contributed by atoms with E-state index in [4.69, 9.17) is 0 Å². The minimum absolute atomic E-state index is 0.0496. The van der Waals surface area contributed by atoms with Crippen LogP contribution in [0.4, 0.5) is 0 Å². The summed E-state index contributed by atoms with van der Waals surface area (Å²) in [5.74, 6) is -0.0496. The number of allylic oxidation sites excluding steroid dienone is 1. The van der Waals surface area contributed by atoms with Gasteiger partial charge in [0.1, 0.15) is 0 Å². The van der Waals surface area contributed by atoms with Crippen molar-refractivity contribution in [3.05, 3.63) is 77.4 Å². The molecule has 0 N–H and O–H groups in total. The van der Waals surface area contributed by atoms with E-state index in [0.717, 1.165) is 11.3 Å². The highest BCUT2D eigenvalue weighted by molar-refractivity contribution is 6.07. The lowest BCUT2D eigenvalue weighted by atomic mass is 10.1. The molecule has 0 saturated carbocycles. The molecule has 0 aliphatic heterocycles. The van der Waals surface area contributed by atoms with Crippen LogP contribution in [0.25, 0.3) is 6.08 Å². The van der Waals surface area contributed by atoms with E-state index in [2.05, 4.69) is 22.3 Å². The molecule has 5 nitrogen and oxygen atoms in total. The topological polar surface area (TPSA) is 52.7 Å². The molecule has 23 heavy (non-hydrogen) atoms. The molecular formula is C18H18N4O. The molecule has 0 saturated heterocycles. The van der Waals surface area contributed by atoms with Crippen molar-refractivity contribution in [3.63, 3.8) is 0 Å². The molecule has 0 fully saturated rings. The second-order valence-corrected chi connectivity index (χ2v) is 5.46. The predicted octanol–water partition coefficient (Wildman–Crippen LogP) is 2.87. The van der Waals surface area contributed by atoms with Crippen molar-refractivity contribution < 1.29 is 4.79 Å². The van der Waals surface area contributed by atoms with Gasteiger partial charge in [-0.3, -0.25) is 14.2 Å². The summed E-state index contributed by atoms with van der Waals surface area (Å²) in [4.78, 5) is 12.2. The molecule has 1 aromatic carbocycles. The Morgan fingerprint density at radius 1 is 1.22 bits per heavy atom. The lowest BCUT2D eigenvalue weighted by Crippen LogP contribution is -1.99. The molecule has 116 valence electrons. The molecule has 0 aliphatic rings. The molecule has 5 heteroatoms. The van der Waals surface area contributed by atoms with E-state index in [1.54, 1.807) is 36.3 Å². The van der Waals surface area contributed by atoms with E-state index in [1.165, 1.54) is 5.56 Å². The molecule has 3 rings (SSSR count). The highest BCUT2D eigenvalue weighted by Crippen LogP contribution is 2.09. The van der Waals surface area contributed by atoms with E-state index in [-0.39, 0.29) is 5.78 Å². The Morgan fingerprint density at radius 3 is 2.70 bits per heavy atom. The Labute approximate surface area is 134 Å². The highest BCUT2D eigenvalue weighted by Gasteiger charge is 2.09. The Bertz CT molecular complexity index is 843. The Morgan fingerprint density at radius 2 is 2.00 bits per heavy atom. The minimum atomic E-state index is -0.0496. The fourth-order valence-corrected chi connectivity index (χ4v) is 2.43. The highest BCUT2D eigenvalue weighted by atomic mass is 16.1. The van der Waals surface area contributed by atoms with Gasteiger partial charge < -0.3 is 0 Å². The average Bonchev–Trinajstić information content (AvgIpc) is 3.12. The molecule has 2 heterocycles. The van der Waals surface area contributed by atoms with Gasteiger partial charge in [-0.2, -0.15) is 10.2 Å². The number of carbonyl (C=O) groups excluding carboxylic acids is 1. The van der Waals surface area contributed by atoms with E-state index in [9.17, 15) is 4.79 Å². The number of aryl methyl sites for hydroxylation is 2. The molecule has 2 aromatic heterocycles. The van der Waals surface area contributed by atoms with E-state index in [1.807, 2.05) is 36.0 Å². The van der Waals surface area contributed by atoms with Gasteiger partial charge in [0.05, 0.1) is 24.0 Å². The van der Waals surface area contributed by atoms with Gasteiger partial charge in [-0.1, -0.05) is 30.3 Å². The van der Waals surface area contributed by atoms with Crippen LogP contribution in [0.1, 0.15) is 27.2 Å². The Kier molecular flexibility index (Phi) is 4.19. The van der Waals surface area contributed by atoms with Crippen molar-refractivity contribution in [2.24, 2.45) is 7.05 Å².